The normalized spacial score (nSPS) is 13.2. The van der Waals surface area contributed by atoms with Gasteiger partial charge in [0, 0.05) is 20.2 Å². The minimum atomic E-state index is -0.325. The lowest BCUT2D eigenvalue weighted by Gasteiger charge is -2.26. The highest BCUT2D eigenvalue weighted by molar-refractivity contribution is 5.80. The SMILES string of the molecule is COC(C)C(=O)N(CCC(C)C)CCC(C)C. The van der Waals surface area contributed by atoms with Gasteiger partial charge in [-0.1, -0.05) is 27.7 Å². The average molecular weight is 243 g/mol. The quantitative estimate of drug-likeness (QED) is 0.656. The van der Waals surface area contributed by atoms with Crippen LogP contribution in [0.25, 0.3) is 0 Å². The Labute approximate surface area is 107 Å². The van der Waals surface area contributed by atoms with Crippen molar-refractivity contribution in [2.45, 2.75) is 53.6 Å². The zero-order valence-corrected chi connectivity index (χ0v) is 12.3. The number of ether oxygens (including phenoxy) is 1. The third-order valence-corrected chi connectivity index (χ3v) is 2.97. The van der Waals surface area contributed by atoms with E-state index in [1.54, 1.807) is 7.11 Å². The van der Waals surface area contributed by atoms with Crippen molar-refractivity contribution in [2.24, 2.45) is 11.8 Å². The molecule has 0 aromatic carbocycles. The van der Waals surface area contributed by atoms with Crippen molar-refractivity contribution in [3.05, 3.63) is 0 Å². The summed E-state index contributed by atoms with van der Waals surface area (Å²) in [7, 11) is 1.59. The third-order valence-electron chi connectivity index (χ3n) is 2.97. The van der Waals surface area contributed by atoms with Gasteiger partial charge >= 0.3 is 0 Å². The molecule has 0 saturated carbocycles. The molecule has 0 aliphatic carbocycles. The van der Waals surface area contributed by atoms with Crippen molar-refractivity contribution in [2.75, 3.05) is 20.2 Å². The molecule has 0 radical (unpaired) electrons. The van der Waals surface area contributed by atoms with E-state index in [9.17, 15) is 4.79 Å². The van der Waals surface area contributed by atoms with Crippen molar-refractivity contribution >= 4 is 5.91 Å². The van der Waals surface area contributed by atoms with Crippen LogP contribution in [0.15, 0.2) is 0 Å². The fourth-order valence-electron chi connectivity index (χ4n) is 1.52. The van der Waals surface area contributed by atoms with E-state index in [2.05, 4.69) is 27.7 Å². The molecule has 0 fully saturated rings. The van der Waals surface area contributed by atoms with Gasteiger partial charge in [0.25, 0.3) is 5.91 Å². The Kier molecular flexibility index (Phi) is 8.23. The van der Waals surface area contributed by atoms with Crippen LogP contribution in [0, 0.1) is 11.8 Å². The summed E-state index contributed by atoms with van der Waals surface area (Å²) in [6.07, 6.45) is 1.79. The molecule has 1 atom stereocenters. The van der Waals surface area contributed by atoms with Crippen LogP contribution >= 0.6 is 0 Å². The van der Waals surface area contributed by atoms with E-state index in [1.165, 1.54) is 0 Å². The van der Waals surface area contributed by atoms with Crippen LogP contribution in [0.5, 0.6) is 0 Å². The molecule has 1 amide bonds. The molecule has 0 N–H and O–H groups in total. The van der Waals surface area contributed by atoms with Gasteiger partial charge in [-0.3, -0.25) is 4.79 Å². The number of carbonyl (C=O) groups is 1. The molecule has 102 valence electrons. The van der Waals surface area contributed by atoms with Gasteiger partial charge in [0.2, 0.25) is 0 Å². The Hall–Kier alpha value is -0.570. The van der Waals surface area contributed by atoms with Crippen LogP contribution in [-0.4, -0.2) is 37.1 Å². The number of hydrogen-bond acceptors (Lipinski definition) is 2. The Morgan fingerprint density at radius 3 is 1.71 bits per heavy atom. The molecule has 0 aromatic rings. The van der Waals surface area contributed by atoms with Crippen molar-refractivity contribution in [1.82, 2.24) is 4.90 Å². The molecule has 0 spiro atoms. The lowest BCUT2D eigenvalue weighted by molar-refractivity contribution is -0.141. The van der Waals surface area contributed by atoms with Gasteiger partial charge in [0.15, 0.2) is 0 Å². The Morgan fingerprint density at radius 1 is 1.00 bits per heavy atom. The van der Waals surface area contributed by atoms with Gasteiger partial charge in [-0.2, -0.15) is 0 Å². The van der Waals surface area contributed by atoms with E-state index in [4.69, 9.17) is 4.74 Å². The van der Waals surface area contributed by atoms with E-state index in [0.717, 1.165) is 25.9 Å². The summed E-state index contributed by atoms with van der Waals surface area (Å²) in [5, 5.41) is 0. The minimum absolute atomic E-state index is 0.119. The maximum atomic E-state index is 12.1. The Balaban J connectivity index is 4.32. The molecule has 3 nitrogen and oxygen atoms in total. The van der Waals surface area contributed by atoms with Crippen LogP contribution in [0.4, 0.5) is 0 Å². The molecule has 0 aliphatic rings. The number of hydrogen-bond donors (Lipinski definition) is 0. The van der Waals surface area contributed by atoms with Gasteiger partial charge in [-0.15, -0.1) is 0 Å². The van der Waals surface area contributed by atoms with Crippen molar-refractivity contribution < 1.29 is 9.53 Å². The topological polar surface area (TPSA) is 29.5 Å². The number of amides is 1. The summed E-state index contributed by atoms with van der Waals surface area (Å²) in [6, 6.07) is 0. The largest absolute Gasteiger partial charge is 0.372 e. The molecular weight excluding hydrogens is 214 g/mol. The van der Waals surface area contributed by atoms with E-state index in [0.29, 0.717) is 11.8 Å². The first-order valence-corrected chi connectivity index (χ1v) is 6.70. The van der Waals surface area contributed by atoms with Crippen LogP contribution in [0.2, 0.25) is 0 Å². The fourth-order valence-corrected chi connectivity index (χ4v) is 1.52. The molecule has 0 bridgehead atoms. The van der Waals surface area contributed by atoms with Gasteiger partial charge in [0.05, 0.1) is 0 Å². The first-order chi connectivity index (χ1) is 7.88. The van der Waals surface area contributed by atoms with Gasteiger partial charge in [0.1, 0.15) is 6.10 Å². The molecule has 0 aliphatic heterocycles. The summed E-state index contributed by atoms with van der Waals surface area (Å²) in [5.41, 5.74) is 0. The molecule has 3 heteroatoms. The summed E-state index contributed by atoms with van der Waals surface area (Å²) >= 11 is 0. The summed E-state index contributed by atoms with van der Waals surface area (Å²) in [6.45, 7) is 12.2. The second-order valence-electron chi connectivity index (χ2n) is 5.57. The van der Waals surface area contributed by atoms with Crippen LogP contribution in [-0.2, 0) is 9.53 Å². The third kappa shape index (κ3) is 7.37. The van der Waals surface area contributed by atoms with E-state index in [1.807, 2.05) is 11.8 Å². The Bertz CT molecular complexity index is 202. The fraction of sp³-hybridized carbons (Fsp3) is 0.929. The molecular formula is C14H29NO2. The first-order valence-electron chi connectivity index (χ1n) is 6.70. The predicted molar refractivity (Wildman–Crippen MR) is 72.0 cm³/mol. The van der Waals surface area contributed by atoms with E-state index in [-0.39, 0.29) is 12.0 Å². The van der Waals surface area contributed by atoms with Crippen LogP contribution in [0.1, 0.15) is 47.5 Å². The first kappa shape index (κ1) is 16.4. The second kappa shape index (κ2) is 8.51. The highest BCUT2D eigenvalue weighted by atomic mass is 16.5. The summed E-state index contributed by atoms with van der Waals surface area (Å²) in [5.74, 6) is 1.37. The van der Waals surface area contributed by atoms with E-state index < -0.39 is 0 Å². The highest BCUT2D eigenvalue weighted by Crippen LogP contribution is 2.09. The van der Waals surface area contributed by atoms with Crippen LogP contribution in [0.3, 0.4) is 0 Å². The monoisotopic (exact) mass is 243 g/mol. The van der Waals surface area contributed by atoms with Crippen molar-refractivity contribution in [1.29, 1.82) is 0 Å². The zero-order chi connectivity index (χ0) is 13.4. The van der Waals surface area contributed by atoms with Gasteiger partial charge in [-0.25, -0.2) is 0 Å². The summed E-state index contributed by atoms with van der Waals surface area (Å²) in [4.78, 5) is 14.1. The molecule has 0 saturated heterocycles. The highest BCUT2D eigenvalue weighted by Gasteiger charge is 2.20. The van der Waals surface area contributed by atoms with Crippen LogP contribution < -0.4 is 0 Å². The molecule has 0 rings (SSSR count). The maximum absolute atomic E-state index is 12.1. The zero-order valence-electron chi connectivity index (χ0n) is 12.3. The molecule has 0 heterocycles. The molecule has 17 heavy (non-hydrogen) atoms. The number of nitrogens with zero attached hydrogens (tertiary/aromatic N) is 1. The lowest BCUT2D eigenvalue weighted by atomic mass is 10.1. The number of carbonyl (C=O) groups excluding carboxylic acids is 1. The van der Waals surface area contributed by atoms with Gasteiger partial charge < -0.3 is 9.64 Å². The second-order valence-corrected chi connectivity index (χ2v) is 5.57. The number of rotatable bonds is 8. The lowest BCUT2D eigenvalue weighted by Crippen LogP contribution is -2.40. The van der Waals surface area contributed by atoms with E-state index >= 15 is 0 Å². The molecule has 1 unspecified atom stereocenters. The Morgan fingerprint density at radius 2 is 1.41 bits per heavy atom. The van der Waals surface area contributed by atoms with Crippen molar-refractivity contribution in [3.63, 3.8) is 0 Å². The minimum Gasteiger partial charge on any atom is -0.372 e. The van der Waals surface area contributed by atoms with Crippen molar-refractivity contribution in [3.8, 4) is 0 Å². The summed E-state index contributed by atoms with van der Waals surface area (Å²) < 4.78 is 5.12. The molecule has 0 aromatic heterocycles. The maximum Gasteiger partial charge on any atom is 0.251 e. The smallest absolute Gasteiger partial charge is 0.251 e. The standard InChI is InChI=1S/C14H29NO2/c1-11(2)7-9-15(10-8-12(3)4)14(16)13(5)17-6/h11-13H,7-10H2,1-6H3. The number of methoxy groups -OCH3 is 1. The average Bonchev–Trinajstić information content (AvgIpc) is 2.26. The predicted octanol–water partition coefficient (Wildman–Crippen LogP) is 2.94. The van der Waals surface area contributed by atoms with Gasteiger partial charge in [-0.05, 0) is 31.6 Å².